The standard InChI is InChI=1S/C18H22N2O3S/c1-4-23-15-7-5-6-12-13(15)8-9-14(12)20-18(21)17-11(2)19-16(24-17)10-22-3/h5-7,14H,4,8-10H2,1-3H3,(H,20,21). The van der Waals surface area contributed by atoms with Gasteiger partial charge in [0.05, 0.1) is 24.9 Å². The van der Waals surface area contributed by atoms with Crippen LogP contribution in [0.3, 0.4) is 0 Å². The van der Waals surface area contributed by atoms with Crippen molar-refractivity contribution in [3.63, 3.8) is 0 Å². The Labute approximate surface area is 146 Å². The molecule has 5 nitrogen and oxygen atoms in total. The van der Waals surface area contributed by atoms with Crippen molar-refractivity contribution in [2.75, 3.05) is 13.7 Å². The number of aryl methyl sites for hydroxylation is 1. The van der Waals surface area contributed by atoms with E-state index in [1.54, 1.807) is 7.11 Å². The molecule has 1 amide bonds. The quantitative estimate of drug-likeness (QED) is 0.871. The zero-order chi connectivity index (χ0) is 17.1. The first kappa shape index (κ1) is 16.9. The molecule has 1 aliphatic carbocycles. The first-order valence-corrected chi connectivity index (χ1v) is 8.96. The maximum atomic E-state index is 12.6. The first-order valence-electron chi connectivity index (χ1n) is 8.14. The largest absolute Gasteiger partial charge is 0.494 e. The SMILES string of the molecule is CCOc1cccc2c1CCC2NC(=O)c1sc(COC)nc1C. The Morgan fingerprint density at radius 3 is 3.04 bits per heavy atom. The molecule has 0 spiro atoms. The van der Waals surface area contributed by atoms with Crippen LogP contribution in [0.1, 0.15) is 50.9 Å². The molecule has 1 unspecified atom stereocenters. The molecule has 3 rings (SSSR count). The summed E-state index contributed by atoms with van der Waals surface area (Å²) in [4.78, 5) is 17.7. The van der Waals surface area contributed by atoms with E-state index in [-0.39, 0.29) is 11.9 Å². The van der Waals surface area contributed by atoms with E-state index >= 15 is 0 Å². The Balaban J connectivity index is 1.77. The summed E-state index contributed by atoms with van der Waals surface area (Å²) in [5.74, 6) is 0.870. The highest BCUT2D eigenvalue weighted by Crippen LogP contribution is 2.37. The number of aromatic nitrogens is 1. The van der Waals surface area contributed by atoms with E-state index in [0.29, 0.717) is 18.1 Å². The molecule has 6 heteroatoms. The Hall–Kier alpha value is -1.92. The second kappa shape index (κ2) is 7.32. The predicted octanol–water partition coefficient (Wildman–Crippen LogP) is 3.41. The van der Waals surface area contributed by atoms with Gasteiger partial charge in [0, 0.05) is 7.11 Å². The van der Waals surface area contributed by atoms with Gasteiger partial charge in [-0.25, -0.2) is 4.98 Å². The first-order chi connectivity index (χ1) is 11.6. The Morgan fingerprint density at radius 1 is 1.46 bits per heavy atom. The van der Waals surface area contributed by atoms with Crippen molar-refractivity contribution in [2.24, 2.45) is 0 Å². The maximum absolute atomic E-state index is 12.6. The van der Waals surface area contributed by atoms with Crippen LogP contribution < -0.4 is 10.1 Å². The lowest BCUT2D eigenvalue weighted by atomic mass is 10.1. The van der Waals surface area contributed by atoms with Crippen LogP contribution in [-0.4, -0.2) is 24.6 Å². The fourth-order valence-corrected chi connectivity index (χ4v) is 4.07. The lowest BCUT2D eigenvalue weighted by molar-refractivity contribution is 0.0940. The van der Waals surface area contributed by atoms with Gasteiger partial charge in [-0.2, -0.15) is 0 Å². The van der Waals surface area contributed by atoms with Crippen LogP contribution in [0.5, 0.6) is 5.75 Å². The van der Waals surface area contributed by atoms with Crippen molar-refractivity contribution < 1.29 is 14.3 Å². The molecule has 1 heterocycles. The molecule has 0 fully saturated rings. The molecule has 2 aromatic rings. The summed E-state index contributed by atoms with van der Waals surface area (Å²) in [5.41, 5.74) is 3.13. The van der Waals surface area contributed by atoms with Crippen molar-refractivity contribution >= 4 is 17.2 Å². The van der Waals surface area contributed by atoms with Gasteiger partial charge < -0.3 is 14.8 Å². The summed E-state index contributed by atoms with van der Waals surface area (Å²) in [6.45, 7) is 4.93. The fraction of sp³-hybridized carbons (Fsp3) is 0.444. The minimum absolute atomic E-state index is 0.0280. The molecule has 0 saturated heterocycles. The van der Waals surface area contributed by atoms with E-state index < -0.39 is 0 Å². The van der Waals surface area contributed by atoms with Gasteiger partial charge in [-0.1, -0.05) is 12.1 Å². The van der Waals surface area contributed by atoms with E-state index in [0.717, 1.165) is 34.9 Å². The number of carbonyl (C=O) groups is 1. The van der Waals surface area contributed by atoms with Gasteiger partial charge in [-0.3, -0.25) is 4.79 Å². The van der Waals surface area contributed by atoms with E-state index in [4.69, 9.17) is 9.47 Å². The highest BCUT2D eigenvalue weighted by Gasteiger charge is 2.28. The summed E-state index contributed by atoms with van der Waals surface area (Å²) >= 11 is 1.40. The molecule has 24 heavy (non-hydrogen) atoms. The second-order valence-corrected chi connectivity index (χ2v) is 6.86. The van der Waals surface area contributed by atoms with Crippen LogP contribution in [0.2, 0.25) is 0 Å². The smallest absolute Gasteiger partial charge is 0.263 e. The minimum Gasteiger partial charge on any atom is -0.494 e. The number of fused-ring (bicyclic) bond motifs is 1. The zero-order valence-electron chi connectivity index (χ0n) is 14.2. The van der Waals surface area contributed by atoms with Gasteiger partial charge in [0.15, 0.2) is 0 Å². The lowest BCUT2D eigenvalue weighted by Crippen LogP contribution is -2.27. The normalized spacial score (nSPS) is 16.0. The number of benzene rings is 1. The van der Waals surface area contributed by atoms with Crippen LogP contribution in [0, 0.1) is 6.92 Å². The van der Waals surface area contributed by atoms with Crippen LogP contribution in [-0.2, 0) is 17.8 Å². The third-order valence-corrected chi connectivity index (χ3v) is 5.28. The van der Waals surface area contributed by atoms with Crippen LogP contribution >= 0.6 is 11.3 Å². The third kappa shape index (κ3) is 3.30. The molecule has 128 valence electrons. The topological polar surface area (TPSA) is 60.5 Å². The monoisotopic (exact) mass is 346 g/mol. The summed E-state index contributed by atoms with van der Waals surface area (Å²) < 4.78 is 10.8. The van der Waals surface area contributed by atoms with Crippen molar-refractivity contribution in [1.82, 2.24) is 10.3 Å². The molecule has 0 radical (unpaired) electrons. The summed E-state index contributed by atoms with van der Waals surface area (Å²) in [6, 6.07) is 6.09. The molecular weight excluding hydrogens is 324 g/mol. The number of nitrogens with one attached hydrogen (secondary N) is 1. The Morgan fingerprint density at radius 2 is 2.29 bits per heavy atom. The Kier molecular flexibility index (Phi) is 5.16. The second-order valence-electron chi connectivity index (χ2n) is 5.78. The zero-order valence-corrected chi connectivity index (χ0v) is 15.0. The number of methoxy groups -OCH3 is 1. The number of rotatable bonds is 6. The van der Waals surface area contributed by atoms with Crippen LogP contribution in [0.4, 0.5) is 0 Å². The minimum atomic E-state index is -0.0629. The average molecular weight is 346 g/mol. The third-order valence-electron chi connectivity index (χ3n) is 4.15. The van der Waals surface area contributed by atoms with Crippen molar-refractivity contribution in [2.45, 2.75) is 39.3 Å². The molecule has 0 aliphatic heterocycles. The summed E-state index contributed by atoms with van der Waals surface area (Å²) in [5, 5.41) is 3.98. The maximum Gasteiger partial charge on any atom is 0.263 e. The molecule has 0 saturated carbocycles. The van der Waals surface area contributed by atoms with Gasteiger partial charge in [-0.15, -0.1) is 11.3 Å². The van der Waals surface area contributed by atoms with Crippen LogP contribution in [0.25, 0.3) is 0 Å². The molecule has 1 aliphatic rings. The van der Waals surface area contributed by atoms with Gasteiger partial charge >= 0.3 is 0 Å². The van der Waals surface area contributed by atoms with Gasteiger partial charge in [-0.05, 0) is 43.9 Å². The number of nitrogens with zero attached hydrogens (tertiary/aromatic N) is 1. The molecule has 1 N–H and O–H groups in total. The van der Waals surface area contributed by atoms with E-state index in [1.165, 1.54) is 16.9 Å². The van der Waals surface area contributed by atoms with Crippen molar-refractivity contribution in [1.29, 1.82) is 0 Å². The molecular formula is C18H22N2O3S. The summed E-state index contributed by atoms with van der Waals surface area (Å²) in [7, 11) is 1.63. The molecule has 1 atom stereocenters. The number of carbonyl (C=O) groups excluding carboxylic acids is 1. The number of hydrogen-bond donors (Lipinski definition) is 1. The molecule has 1 aromatic heterocycles. The highest BCUT2D eigenvalue weighted by molar-refractivity contribution is 7.13. The lowest BCUT2D eigenvalue weighted by Gasteiger charge is -2.14. The van der Waals surface area contributed by atoms with E-state index in [1.807, 2.05) is 26.0 Å². The molecule has 1 aromatic carbocycles. The van der Waals surface area contributed by atoms with Gasteiger partial charge in [0.2, 0.25) is 0 Å². The predicted molar refractivity (Wildman–Crippen MR) is 93.7 cm³/mol. The number of hydrogen-bond acceptors (Lipinski definition) is 5. The van der Waals surface area contributed by atoms with Gasteiger partial charge in [0.1, 0.15) is 15.6 Å². The van der Waals surface area contributed by atoms with Crippen LogP contribution in [0.15, 0.2) is 18.2 Å². The molecule has 0 bridgehead atoms. The number of thiazole rings is 1. The number of ether oxygens (including phenoxy) is 2. The highest BCUT2D eigenvalue weighted by atomic mass is 32.1. The van der Waals surface area contributed by atoms with Crippen molar-refractivity contribution in [3.05, 3.63) is 44.9 Å². The van der Waals surface area contributed by atoms with Crippen molar-refractivity contribution in [3.8, 4) is 5.75 Å². The Bertz CT molecular complexity index is 742. The average Bonchev–Trinajstić information content (AvgIpc) is 3.13. The summed E-state index contributed by atoms with van der Waals surface area (Å²) in [6.07, 6.45) is 1.82. The number of amides is 1. The van der Waals surface area contributed by atoms with E-state index in [9.17, 15) is 4.79 Å². The fourth-order valence-electron chi connectivity index (χ4n) is 3.13. The van der Waals surface area contributed by atoms with E-state index in [2.05, 4.69) is 16.4 Å². The van der Waals surface area contributed by atoms with Gasteiger partial charge in [0.25, 0.3) is 5.91 Å².